The second-order valence-corrected chi connectivity index (χ2v) is 1.83. The standard InChI is InChI=1S/C5H9ClO3/c1-9-5(8)2-4(7)3-6/h5,8H,2-3H2,1H3. The van der Waals surface area contributed by atoms with E-state index in [4.69, 9.17) is 16.7 Å². The van der Waals surface area contributed by atoms with Crippen LogP contribution in [0.3, 0.4) is 0 Å². The molecule has 0 heterocycles. The number of ketones is 1. The van der Waals surface area contributed by atoms with Crippen molar-refractivity contribution in [3.63, 3.8) is 0 Å². The van der Waals surface area contributed by atoms with Gasteiger partial charge in [0.25, 0.3) is 0 Å². The molecule has 0 fully saturated rings. The van der Waals surface area contributed by atoms with E-state index in [9.17, 15) is 4.79 Å². The SMILES string of the molecule is COC(O)CC(=O)CCl. The van der Waals surface area contributed by atoms with E-state index in [1.807, 2.05) is 0 Å². The maximum Gasteiger partial charge on any atom is 0.161 e. The Labute approximate surface area is 58.6 Å². The predicted molar refractivity (Wildman–Crippen MR) is 33.4 cm³/mol. The van der Waals surface area contributed by atoms with Crippen LogP contribution in [-0.4, -0.2) is 30.2 Å². The average Bonchev–Trinajstić information content (AvgIpc) is 1.87. The third-order valence-electron chi connectivity index (χ3n) is 0.823. The highest BCUT2D eigenvalue weighted by molar-refractivity contribution is 6.27. The quantitative estimate of drug-likeness (QED) is 0.461. The van der Waals surface area contributed by atoms with Crippen LogP contribution >= 0.6 is 11.6 Å². The first-order chi connectivity index (χ1) is 4.20. The first kappa shape index (κ1) is 8.88. The Balaban J connectivity index is 3.34. The zero-order chi connectivity index (χ0) is 7.28. The van der Waals surface area contributed by atoms with Gasteiger partial charge in [-0.3, -0.25) is 4.79 Å². The molecule has 0 amide bonds. The number of aliphatic hydroxyl groups excluding tert-OH is 1. The summed E-state index contributed by atoms with van der Waals surface area (Å²) in [5.74, 6) is -0.286. The number of methoxy groups -OCH3 is 1. The van der Waals surface area contributed by atoms with Gasteiger partial charge in [-0.2, -0.15) is 0 Å². The summed E-state index contributed by atoms with van der Waals surface area (Å²) in [6.45, 7) is 0. The zero-order valence-electron chi connectivity index (χ0n) is 5.13. The molecule has 9 heavy (non-hydrogen) atoms. The second-order valence-electron chi connectivity index (χ2n) is 1.57. The molecule has 0 aromatic rings. The Morgan fingerprint density at radius 2 is 2.44 bits per heavy atom. The van der Waals surface area contributed by atoms with Crippen molar-refractivity contribution in [3.8, 4) is 0 Å². The third-order valence-corrected chi connectivity index (χ3v) is 1.12. The van der Waals surface area contributed by atoms with E-state index in [-0.39, 0.29) is 18.1 Å². The number of Topliss-reactive ketones (excluding diaryl/α,β-unsaturated/α-hetero) is 1. The highest BCUT2D eigenvalue weighted by Crippen LogP contribution is 1.94. The Kier molecular flexibility index (Phi) is 4.67. The van der Waals surface area contributed by atoms with Crippen LogP contribution < -0.4 is 0 Å². The summed E-state index contributed by atoms with van der Waals surface area (Å²) < 4.78 is 4.40. The molecule has 0 aliphatic rings. The van der Waals surface area contributed by atoms with Gasteiger partial charge in [0.15, 0.2) is 12.1 Å². The molecule has 1 N–H and O–H groups in total. The van der Waals surface area contributed by atoms with E-state index in [0.29, 0.717) is 0 Å². The minimum atomic E-state index is -1.00. The van der Waals surface area contributed by atoms with Gasteiger partial charge in [-0.25, -0.2) is 0 Å². The van der Waals surface area contributed by atoms with Gasteiger partial charge in [0, 0.05) is 7.11 Å². The molecule has 0 spiro atoms. The first-order valence-electron chi connectivity index (χ1n) is 2.49. The topological polar surface area (TPSA) is 46.5 Å². The molecular weight excluding hydrogens is 144 g/mol. The molecule has 0 saturated heterocycles. The summed E-state index contributed by atoms with van der Waals surface area (Å²) in [5.41, 5.74) is 0. The van der Waals surface area contributed by atoms with Crippen molar-refractivity contribution in [1.82, 2.24) is 0 Å². The summed E-state index contributed by atoms with van der Waals surface area (Å²) in [4.78, 5) is 10.4. The summed E-state index contributed by atoms with van der Waals surface area (Å²) in [6, 6.07) is 0. The van der Waals surface area contributed by atoms with Crippen LogP contribution in [0.2, 0.25) is 0 Å². The Hall–Kier alpha value is -0.120. The third kappa shape index (κ3) is 4.39. The molecule has 4 heteroatoms. The minimum absolute atomic E-state index is 0.0278. The van der Waals surface area contributed by atoms with Crippen molar-refractivity contribution >= 4 is 17.4 Å². The van der Waals surface area contributed by atoms with Gasteiger partial charge < -0.3 is 9.84 Å². The maximum absolute atomic E-state index is 10.4. The molecule has 0 saturated carbocycles. The number of carbonyl (C=O) groups excluding carboxylic acids is 1. The van der Waals surface area contributed by atoms with E-state index in [1.165, 1.54) is 7.11 Å². The van der Waals surface area contributed by atoms with Crippen LogP contribution in [0.4, 0.5) is 0 Å². The van der Waals surface area contributed by atoms with Crippen LogP contribution in [0.5, 0.6) is 0 Å². The lowest BCUT2D eigenvalue weighted by Crippen LogP contribution is -2.15. The molecule has 0 aromatic heterocycles. The number of ether oxygens (including phenoxy) is 1. The summed E-state index contributed by atoms with van der Waals surface area (Å²) >= 11 is 5.14. The average molecular weight is 153 g/mol. The van der Waals surface area contributed by atoms with Gasteiger partial charge in [0.1, 0.15) is 0 Å². The molecule has 0 bridgehead atoms. The minimum Gasteiger partial charge on any atom is -0.368 e. The summed E-state index contributed by atoms with van der Waals surface area (Å²) in [6.07, 6.45) is -1.03. The normalized spacial score (nSPS) is 13.2. The van der Waals surface area contributed by atoms with Gasteiger partial charge in [-0.1, -0.05) is 0 Å². The number of hydrogen-bond acceptors (Lipinski definition) is 3. The molecule has 1 atom stereocenters. The number of carbonyl (C=O) groups is 1. The molecule has 54 valence electrons. The molecule has 0 rings (SSSR count). The monoisotopic (exact) mass is 152 g/mol. The van der Waals surface area contributed by atoms with E-state index in [0.717, 1.165) is 0 Å². The second kappa shape index (κ2) is 4.73. The molecule has 0 aromatic carbocycles. The van der Waals surface area contributed by atoms with Crippen LogP contribution in [0.1, 0.15) is 6.42 Å². The maximum atomic E-state index is 10.4. The van der Waals surface area contributed by atoms with Gasteiger partial charge in [-0.15, -0.1) is 11.6 Å². The Morgan fingerprint density at radius 3 is 2.78 bits per heavy atom. The van der Waals surface area contributed by atoms with E-state index < -0.39 is 6.29 Å². The molecular formula is C5H9ClO3. The number of halogens is 1. The highest BCUT2D eigenvalue weighted by atomic mass is 35.5. The smallest absolute Gasteiger partial charge is 0.161 e. The molecule has 0 aliphatic heterocycles. The molecule has 0 aliphatic carbocycles. The van der Waals surface area contributed by atoms with Gasteiger partial charge in [0.2, 0.25) is 0 Å². The first-order valence-corrected chi connectivity index (χ1v) is 3.02. The number of rotatable bonds is 4. The molecule has 1 unspecified atom stereocenters. The fraction of sp³-hybridized carbons (Fsp3) is 0.800. The van der Waals surface area contributed by atoms with Gasteiger partial charge in [-0.05, 0) is 0 Å². The van der Waals surface area contributed by atoms with Crippen LogP contribution in [0, 0.1) is 0 Å². The van der Waals surface area contributed by atoms with E-state index in [2.05, 4.69) is 4.74 Å². The fourth-order valence-electron chi connectivity index (χ4n) is 0.333. The van der Waals surface area contributed by atoms with Crippen LogP contribution in [-0.2, 0) is 9.53 Å². The number of alkyl halides is 1. The van der Waals surface area contributed by atoms with Crippen molar-refractivity contribution in [3.05, 3.63) is 0 Å². The van der Waals surface area contributed by atoms with Crippen molar-refractivity contribution in [2.75, 3.05) is 13.0 Å². The molecule has 3 nitrogen and oxygen atoms in total. The number of hydrogen-bond donors (Lipinski definition) is 1. The highest BCUT2D eigenvalue weighted by Gasteiger charge is 2.06. The van der Waals surface area contributed by atoms with Crippen molar-refractivity contribution < 1.29 is 14.6 Å². The Bertz CT molecular complexity index is 94.2. The number of aliphatic hydroxyl groups is 1. The van der Waals surface area contributed by atoms with Crippen molar-refractivity contribution in [1.29, 1.82) is 0 Å². The van der Waals surface area contributed by atoms with Crippen molar-refractivity contribution in [2.24, 2.45) is 0 Å². The summed E-state index contributed by atoms with van der Waals surface area (Å²) in [7, 11) is 1.33. The lowest BCUT2D eigenvalue weighted by Gasteiger charge is -2.04. The van der Waals surface area contributed by atoms with Gasteiger partial charge in [0.05, 0.1) is 12.3 Å². The van der Waals surface area contributed by atoms with E-state index in [1.54, 1.807) is 0 Å². The van der Waals surface area contributed by atoms with Gasteiger partial charge >= 0.3 is 0 Å². The van der Waals surface area contributed by atoms with Crippen LogP contribution in [0.15, 0.2) is 0 Å². The lowest BCUT2D eigenvalue weighted by molar-refractivity contribution is -0.128. The fourth-order valence-corrected chi connectivity index (χ4v) is 0.442. The van der Waals surface area contributed by atoms with Crippen molar-refractivity contribution in [2.45, 2.75) is 12.7 Å². The zero-order valence-corrected chi connectivity index (χ0v) is 5.89. The largest absolute Gasteiger partial charge is 0.368 e. The Morgan fingerprint density at radius 1 is 1.89 bits per heavy atom. The van der Waals surface area contributed by atoms with E-state index >= 15 is 0 Å². The lowest BCUT2D eigenvalue weighted by atomic mass is 10.3. The summed E-state index contributed by atoms with van der Waals surface area (Å²) in [5, 5.41) is 8.66. The molecule has 0 radical (unpaired) electrons. The predicted octanol–water partition coefficient (Wildman–Crippen LogP) is 0.149. The van der Waals surface area contributed by atoms with Crippen LogP contribution in [0.25, 0.3) is 0 Å².